The van der Waals surface area contributed by atoms with Crippen molar-refractivity contribution >= 4 is 27.6 Å². The lowest BCUT2D eigenvalue weighted by molar-refractivity contribution is -0.148. The van der Waals surface area contributed by atoms with Crippen LogP contribution < -0.4 is 0 Å². The Balaban J connectivity index is 1.74. The third kappa shape index (κ3) is 2.70. The van der Waals surface area contributed by atoms with Crippen molar-refractivity contribution in [2.75, 3.05) is 6.61 Å². The number of carbonyl (C=O) groups is 1. The number of benzene rings is 1. The SMILES string of the molecule is Cn1c2ccccc2c2ccnc(C(=O)CC3OC(C)(C)OC3CO)c21. The van der Waals surface area contributed by atoms with Crippen molar-refractivity contribution in [1.29, 1.82) is 0 Å². The van der Waals surface area contributed by atoms with Gasteiger partial charge >= 0.3 is 0 Å². The molecule has 3 heterocycles. The second kappa shape index (κ2) is 6.16. The highest BCUT2D eigenvalue weighted by Gasteiger charge is 2.42. The Morgan fingerprint density at radius 3 is 2.69 bits per heavy atom. The first kappa shape index (κ1) is 17.1. The molecule has 136 valence electrons. The molecule has 6 nitrogen and oxygen atoms in total. The number of ether oxygens (including phenoxy) is 2. The van der Waals surface area contributed by atoms with E-state index in [0.29, 0.717) is 5.69 Å². The van der Waals surface area contributed by atoms with Gasteiger partial charge in [0.1, 0.15) is 11.8 Å². The molecular formula is C20H22N2O4. The maximum atomic E-state index is 13.0. The van der Waals surface area contributed by atoms with E-state index in [9.17, 15) is 9.90 Å². The number of pyridine rings is 1. The van der Waals surface area contributed by atoms with Crippen LogP contribution in [0.1, 0.15) is 30.8 Å². The van der Waals surface area contributed by atoms with E-state index >= 15 is 0 Å². The van der Waals surface area contributed by atoms with Crippen molar-refractivity contribution in [3.63, 3.8) is 0 Å². The first-order chi connectivity index (χ1) is 12.4. The number of aliphatic hydroxyl groups excluding tert-OH is 1. The van der Waals surface area contributed by atoms with Crippen LogP contribution in [0.4, 0.5) is 0 Å². The number of aromatic nitrogens is 2. The summed E-state index contributed by atoms with van der Waals surface area (Å²) in [4.78, 5) is 17.4. The Morgan fingerprint density at radius 1 is 1.19 bits per heavy atom. The average Bonchev–Trinajstić information content (AvgIpc) is 3.09. The fraction of sp³-hybridized carbons (Fsp3) is 0.400. The van der Waals surface area contributed by atoms with E-state index in [1.807, 2.05) is 41.9 Å². The van der Waals surface area contributed by atoms with E-state index in [-0.39, 0.29) is 18.8 Å². The predicted molar refractivity (Wildman–Crippen MR) is 98.1 cm³/mol. The van der Waals surface area contributed by atoms with Gasteiger partial charge in [0.05, 0.1) is 18.2 Å². The molecule has 2 unspecified atom stereocenters. The molecule has 2 atom stereocenters. The van der Waals surface area contributed by atoms with Crippen LogP contribution in [0.3, 0.4) is 0 Å². The Kier molecular flexibility index (Phi) is 4.06. The quantitative estimate of drug-likeness (QED) is 0.730. The summed E-state index contributed by atoms with van der Waals surface area (Å²) in [5, 5.41) is 11.6. The highest BCUT2D eigenvalue weighted by atomic mass is 16.8. The molecule has 3 aromatic rings. The molecule has 6 heteroatoms. The van der Waals surface area contributed by atoms with Gasteiger partial charge in [-0.25, -0.2) is 0 Å². The van der Waals surface area contributed by atoms with Crippen molar-refractivity contribution < 1.29 is 19.4 Å². The van der Waals surface area contributed by atoms with Gasteiger partial charge in [0.15, 0.2) is 11.6 Å². The molecule has 1 aromatic carbocycles. The molecule has 4 rings (SSSR count). The number of nitrogens with zero attached hydrogens (tertiary/aromatic N) is 2. The molecule has 1 saturated heterocycles. The third-order valence-corrected chi connectivity index (χ3v) is 4.93. The molecule has 1 aliphatic heterocycles. The lowest BCUT2D eigenvalue weighted by Gasteiger charge is -2.16. The van der Waals surface area contributed by atoms with Gasteiger partial charge in [0, 0.05) is 36.0 Å². The highest BCUT2D eigenvalue weighted by Crippen LogP contribution is 2.33. The number of Topliss-reactive ketones (excluding diaryl/α,β-unsaturated/α-hetero) is 1. The molecule has 0 aliphatic carbocycles. The van der Waals surface area contributed by atoms with Crippen LogP contribution in [-0.4, -0.2) is 45.0 Å². The second-order valence-corrected chi connectivity index (χ2v) is 7.15. The zero-order valence-electron chi connectivity index (χ0n) is 15.1. The summed E-state index contributed by atoms with van der Waals surface area (Å²) in [6, 6.07) is 9.98. The molecule has 0 saturated carbocycles. The summed E-state index contributed by atoms with van der Waals surface area (Å²) in [6.45, 7) is 3.37. The number of aliphatic hydroxyl groups is 1. The lowest BCUT2D eigenvalue weighted by atomic mass is 10.0. The molecular weight excluding hydrogens is 332 g/mol. The van der Waals surface area contributed by atoms with Gasteiger partial charge in [-0.15, -0.1) is 0 Å². The van der Waals surface area contributed by atoms with Gasteiger partial charge < -0.3 is 19.1 Å². The third-order valence-electron chi connectivity index (χ3n) is 4.93. The van der Waals surface area contributed by atoms with E-state index in [1.54, 1.807) is 20.0 Å². The fourth-order valence-corrected chi connectivity index (χ4v) is 3.85. The maximum Gasteiger partial charge on any atom is 0.186 e. The van der Waals surface area contributed by atoms with Crippen LogP contribution in [0.2, 0.25) is 0 Å². The van der Waals surface area contributed by atoms with Gasteiger partial charge in [0.2, 0.25) is 0 Å². The molecule has 0 spiro atoms. The normalized spacial score (nSPS) is 22.3. The highest BCUT2D eigenvalue weighted by molar-refractivity contribution is 6.15. The number of fused-ring (bicyclic) bond motifs is 3. The second-order valence-electron chi connectivity index (χ2n) is 7.15. The first-order valence-electron chi connectivity index (χ1n) is 8.73. The summed E-state index contributed by atoms with van der Waals surface area (Å²) >= 11 is 0. The Labute approximate surface area is 151 Å². The van der Waals surface area contributed by atoms with E-state index in [2.05, 4.69) is 4.98 Å². The molecule has 1 aliphatic rings. The van der Waals surface area contributed by atoms with Crippen LogP contribution in [-0.2, 0) is 16.5 Å². The molecule has 0 radical (unpaired) electrons. The minimum atomic E-state index is -0.808. The van der Waals surface area contributed by atoms with E-state index in [4.69, 9.17) is 9.47 Å². The van der Waals surface area contributed by atoms with E-state index < -0.39 is 18.0 Å². The van der Waals surface area contributed by atoms with Crippen LogP contribution in [0.15, 0.2) is 36.5 Å². The van der Waals surface area contributed by atoms with E-state index in [1.165, 1.54) is 0 Å². The van der Waals surface area contributed by atoms with Gasteiger partial charge in [-0.3, -0.25) is 9.78 Å². The van der Waals surface area contributed by atoms with Crippen LogP contribution in [0.5, 0.6) is 0 Å². The topological polar surface area (TPSA) is 73.6 Å². The largest absolute Gasteiger partial charge is 0.394 e. The number of ketones is 1. The van der Waals surface area contributed by atoms with Crippen LogP contribution in [0, 0.1) is 0 Å². The van der Waals surface area contributed by atoms with Crippen molar-refractivity contribution in [1.82, 2.24) is 9.55 Å². The summed E-state index contributed by atoms with van der Waals surface area (Å²) < 4.78 is 13.5. The lowest BCUT2D eigenvalue weighted by Crippen LogP contribution is -2.29. The van der Waals surface area contributed by atoms with Crippen molar-refractivity contribution in [2.24, 2.45) is 7.05 Å². The Bertz CT molecular complexity index is 992. The zero-order chi connectivity index (χ0) is 18.5. The van der Waals surface area contributed by atoms with Crippen LogP contribution >= 0.6 is 0 Å². The zero-order valence-corrected chi connectivity index (χ0v) is 15.1. The maximum absolute atomic E-state index is 13.0. The predicted octanol–water partition coefficient (Wildman–Crippen LogP) is 2.81. The summed E-state index contributed by atoms with van der Waals surface area (Å²) in [7, 11) is 1.94. The van der Waals surface area contributed by atoms with Crippen molar-refractivity contribution in [2.45, 2.75) is 38.3 Å². The number of rotatable bonds is 4. The van der Waals surface area contributed by atoms with Crippen LogP contribution in [0.25, 0.3) is 21.8 Å². The van der Waals surface area contributed by atoms with Gasteiger partial charge in [-0.05, 0) is 26.0 Å². The number of aryl methyl sites for hydroxylation is 1. The van der Waals surface area contributed by atoms with Gasteiger partial charge in [0.25, 0.3) is 0 Å². The minimum absolute atomic E-state index is 0.113. The molecule has 0 amide bonds. The minimum Gasteiger partial charge on any atom is -0.394 e. The van der Waals surface area contributed by atoms with Gasteiger partial charge in [-0.1, -0.05) is 18.2 Å². The standard InChI is InChI=1S/C20H22N2O4/c1-20(2)25-16(17(11-23)26-20)10-15(24)18-19-13(8-9-21-18)12-6-4-5-7-14(12)22(19)3/h4-9,16-17,23H,10-11H2,1-3H3. The number of para-hydroxylation sites is 1. The Hall–Kier alpha value is -2.28. The van der Waals surface area contributed by atoms with Gasteiger partial charge in [-0.2, -0.15) is 0 Å². The number of hydrogen-bond acceptors (Lipinski definition) is 5. The smallest absolute Gasteiger partial charge is 0.186 e. The molecule has 1 N–H and O–H groups in total. The molecule has 0 bridgehead atoms. The monoisotopic (exact) mass is 354 g/mol. The summed E-state index contributed by atoms with van der Waals surface area (Å²) in [5.41, 5.74) is 2.29. The van der Waals surface area contributed by atoms with Crippen molar-refractivity contribution in [3.05, 3.63) is 42.2 Å². The molecule has 1 fully saturated rings. The average molecular weight is 354 g/mol. The van der Waals surface area contributed by atoms with E-state index in [0.717, 1.165) is 21.8 Å². The number of carbonyl (C=O) groups excluding carboxylic acids is 1. The first-order valence-corrected chi connectivity index (χ1v) is 8.73. The summed E-state index contributed by atoms with van der Waals surface area (Å²) in [5.74, 6) is -0.927. The number of hydrogen-bond donors (Lipinski definition) is 1. The summed E-state index contributed by atoms with van der Waals surface area (Å²) in [6.07, 6.45) is 0.777. The molecule has 26 heavy (non-hydrogen) atoms. The molecule has 2 aromatic heterocycles. The van der Waals surface area contributed by atoms with Crippen molar-refractivity contribution in [3.8, 4) is 0 Å². The fourth-order valence-electron chi connectivity index (χ4n) is 3.85. The Morgan fingerprint density at radius 2 is 1.92 bits per heavy atom.